The molecule has 0 saturated carbocycles. The van der Waals surface area contributed by atoms with E-state index in [1.165, 1.54) is 11.8 Å². The topological polar surface area (TPSA) is 92.0 Å². The van der Waals surface area contributed by atoms with Crippen LogP contribution in [0, 0.1) is 0 Å². The lowest BCUT2D eigenvalue weighted by Gasteiger charge is -2.04. The monoisotopic (exact) mass is 383 g/mol. The van der Waals surface area contributed by atoms with Crippen LogP contribution in [0.5, 0.6) is 5.75 Å². The molecule has 0 N–H and O–H groups in total. The van der Waals surface area contributed by atoms with Crippen molar-refractivity contribution in [2.45, 2.75) is 24.4 Å². The molecule has 0 saturated heterocycles. The molecule has 0 unspecified atom stereocenters. The molecular formula is C18H17N5O3S. The Morgan fingerprint density at radius 2 is 2.11 bits per heavy atom. The predicted molar refractivity (Wildman–Crippen MR) is 99.2 cm³/mol. The van der Waals surface area contributed by atoms with Crippen molar-refractivity contribution in [1.82, 2.24) is 24.9 Å². The zero-order valence-electron chi connectivity index (χ0n) is 14.8. The third kappa shape index (κ3) is 3.59. The number of hydrogen-bond donors (Lipinski definition) is 0. The molecule has 3 aromatic heterocycles. The Morgan fingerprint density at radius 3 is 2.89 bits per heavy atom. The molecular weight excluding hydrogens is 366 g/mol. The van der Waals surface area contributed by atoms with Gasteiger partial charge in [-0.1, -0.05) is 29.1 Å². The van der Waals surface area contributed by atoms with Crippen LogP contribution in [0.2, 0.25) is 0 Å². The fourth-order valence-corrected chi connectivity index (χ4v) is 3.43. The first-order valence-electron chi connectivity index (χ1n) is 8.35. The van der Waals surface area contributed by atoms with Crippen LogP contribution in [-0.2, 0) is 12.3 Å². The summed E-state index contributed by atoms with van der Waals surface area (Å²) in [5, 5.41) is 13.3. The predicted octanol–water partition coefficient (Wildman–Crippen LogP) is 3.91. The molecule has 3 heterocycles. The van der Waals surface area contributed by atoms with Gasteiger partial charge in [-0.15, -0.1) is 10.2 Å². The van der Waals surface area contributed by atoms with E-state index in [1.54, 1.807) is 13.4 Å². The minimum atomic E-state index is 0.493. The Morgan fingerprint density at radius 1 is 1.19 bits per heavy atom. The molecule has 27 heavy (non-hydrogen) atoms. The van der Waals surface area contributed by atoms with Gasteiger partial charge in [-0.3, -0.25) is 4.57 Å². The van der Waals surface area contributed by atoms with Crippen LogP contribution in [0.4, 0.5) is 0 Å². The van der Waals surface area contributed by atoms with Crippen LogP contribution in [0.3, 0.4) is 0 Å². The summed E-state index contributed by atoms with van der Waals surface area (Å²) >= 11 is 1.49. The van der Waals surface area contributed by atoms with Gasteiger partial charge in [-0.25, -0.2) is 0 Å². The minimum Gasteiger partial charge on any atom is -0.497 e. The Hall–Kier alpha value is -3.07. The molecule has 9 heteroatoms. The highest BCUT2D eigenvalue weighted by Gasteiger charge is 2.17. The number of ether oxygens (including phenoxy) is 1. The van der Waals surface area contributed by atoms with Crippen molar-refractivity contribution < 1.29 is 13.7 Å². The van der Waals surface area contributed by atoms with E-state index < -0.39 is 0 Å². The van der Waals surface area contributed by atoms with Gasteiger partial charge in [0.1, 0.15) is 5.75 Å². The number of benzene rings is 1. The molecule has 0 atom stereocenters. The van der Waals surface area contributed by atoms with Gasteiger partial charge < -0.3 is 13.7 Å². The number of nitrogens with zero attached hydrogens (tertiary/aromatic N) is 5. The Kier molecular flexibility index (Phi) is 4.93. The minimum absolute atomic E-state index is 0.493. The van der Waals surface area contributed by atoms with E-state index in [-0.39, 0.29) is 0 Å². The molecule has 1 aromatic carbocycles. The number of methoxy groups -OCH3 is 1. The van der Waals surface area contributed by atoms with Gasteiger partial charge in [0.05, 0.1) is 19.1 Å². The lowest BCUT2D eigenvalue weighted by molar-refractivity contribution is 0.391. The summed E-state index contributed by atoms with van der Waals surface area (Å²) < 4.78 is 18.0. The first-order chi connectivity index (χ1) is 13.3. The smallest absolute Gasteiger partial charge is 0.237 e. The van der Waals surface area contributed by atoms with Gasteiger partial charge in [0.15, 0.2) is 16.7 Å². The summed E-state index contributed by atoms with van der Waals surface area (Å²) in [5.41, 5.74) is 0.839. The molecule has 8 nitrogen and oxygen atoms in total. The van der Waals surface area contributed by atoms with E-state index in [2.05, 4.69) is 20.3 Å². The van der Waals surface area contributed by atoms with Crippen molar-refractivity contribution in [2.24, 2.45) is 0 Å². The Bertz CT molecular complexity index is 1030. The molecule has 0 aliphatic carbocycles. The van der Waals surface area contributed by atoms with Crippen LogP contribution in [0.15, 0.2) is 56.8 Å². The largest absolute Gasteiger partial charge is 0.497 e. The van der Waals surface area contributed by atoms with Crippen LogP contribution in [0.25, 0.3) is 23.0 Å². The second-order valence-electron chi connectivity index (χ2n) is 5.56. The lowest BCUT2D eigenvalue weighted by atomic mass is 10.2. The van der Waals surface area contributed by atoms with Crippen molar-refractivity contribution in [3.8, 4) is 28.7 Å². The zero-order valence-corrected chi connectivity index (χ0v) is 15.6. The van der Waals surface area contributed by atoms with Crippen molar-refractivity contribution in [2.75, 3.05) is 7.11 Å². The fraction of sp³-hybridized carbons (Fsp3) is 0.222. The highest BCUT2D eigenvalue weighted by atomic mass is 32.2. The number of hydrogen-bond acceptors (Lipinski definition) is 8. The number of rotatable bonds is 7. The molecule has 0 aliphatic rings. The quantitative estimate of drug-likeness (QED) is 0.444. The summed E-state index contributed by atoms with van der Waals surface area (Å²) in [6, 6.07) is 11.2. The van der Waals surface area contributed by atoms with Crippen LogP contribution < -0.4 is 4.74 Å². The number of furan rings is 1. The van der Waals surface area contributed by atoms with Crippen molar-refractivity contribution >= 4 is 11.8 Å². The summed E-state index contributed by atoms with van der Waals surface area (Å²) in [6.07, 6.45) is 1.62. The second kappa shape index (κ2) is 7.67. The number of aromatic nitrogens is 5. The Labute approximate surface area is 159 Å². The SMILES string of the molecule is CCn1c(SCc2nc(-c3cccc(OC)c3)no2)nnc1-c1ccco1. The normalized spacial score (nSPS) is 11.0. The molecule has 4 rings (SSSR count). The van der Waals surface area contributed by atoms with E-state index in [0.29, 0.717) is 29.1 Å². The lowest BCUT2D eigenvalue weighted by Crippen LogP contribution is -1.99. The molecule has 0 bridgehead atoms. The third-order valence-corrected chi connectivity index (χ3v) is 4.85. The van der Waals surface area contributed by atoms with E-state index in [9.17, 15) is 0 Å². The maximum absolute atomic E-state index is 5.43. The summed E-state index contributed by atoms with van der Waals surface area (Å²) in [5.74, 6) is 3.67. The maximum atomic E-state index is 5.43. The first kappa shape index (κ1) is 17.3. The summed E-state index contributed by atoms with van der Waals surface area (Å²) in [4.78, 5) is 4.45. The van der Waals surface area contributed by atoms with E-state index in [4.69, 9.17) is 13.7 Å². The second-order valence-corrected chi connectivity index (χ2v) is 6.50. The van der Waals surface area contributed by atoms with Crippen LogP contribution >= 0.6 is 11.8 Å². The van der Waals surface area contributed by atoms with Gasteiger partial charge in [0.2, 0.25) is 11.7 Å². The fourth-order valence-electron chi connectivity index (χ4n) is 2.59. The first-order valence-corrected chi connectivity index (χ1v) is 9.34. The molecule has 4 aromatic rings. The average molecular weight is 383 g/mol. The molecule has 0 spiro atoms. The zero-order chi connectivity index (χ0) is 18.6. The third-order valence-electron chi connectivity index (χ3n) is 3.90. The Balaban J connectivity index is 1.49. The summed E-state index contributed by atoms with van der Waals surface area (Å²) in [7, 11) is 1.62. The van der Waals surface area contributed by atoms with Crippen molar-refractivity contribution in [1.29, 1.82) is 0 Å². The van der Waals surface area contributed by atoms with Gasteiger partial charge in [-0.2, -0.15) is 4.98 Å². The van der Waals surface area contributed by atoms with Gasteiger partial charge in [-0.05, 0) is 31.2 Å². The molecule has 0 aliphatic heterocycles. The molecule has 0 radical (unpaired) electrons. The molecule has 0 amide bonds. The number of thioether (sulfide) groups is 1. The molecule has 138 valence electrons. The maximum Gasteiger partial charge on any atom is 0.237 e. The van der Waals surface area contributed by atoms with Crippen LogP contribution in [-0.4, -0.2) is 32.0 Å². The summed E-state index contributed by atoms with van der Waals surface area (Å²) in [6.45, 7) is 2.76. The molecule has 0 fully saturated rings. The van der Waals surface area contributed by atoms with Crippen molar-refractivity contribution in [3.63, 3.8) is 0 Å². The highest BCUT2D eigenvalue weighted by Crippen LogP contribution is 2.27. The van der Waals surface area contributed by atoms with E-state index >= 15 is 0 Å². The van der Waals surface area contributed by atoms with Crippen LogP contribution in [0.1, 0.15) is 12.8 Å². The van der Waals surface area contributed by atoms with Crippen molar-refractivity contribution in [3.05, 3.63) is 48.6 Å². The van der Waals surface area contributed by atoms with Gasteiger partial charge in [0.25, 0.3) is 0 Å². The van der Waals surface area contributed by atoms with E-state index in [0.717, 1.165) is 23.0 Å². The van der Waals surface area contributed by atoms with E-state index in [1.807, 2.05) is 47.9 Å². The average Bonchev–Trinajstić information content (AvgIpc) is 3.46. The van der Waals surface area contributed by atoms with Gasteiger partial charge in [0, 0.05) is 12.1 Å². The standard InChI is InChI=1S/C18H17N5O3S/c1-3-23-17(14-8-5-9-25-14)20-21-18(23)27-11-15-19-16(22-26-15)12-6-4-7-13(10-12)24-2/h4-10H,3,11H2,1-2H3. The highest BCUT2D eigenvalue weighted by molar-refractivity contribution is 7.98. The van der Waals surface area contributed by atoms with Gasteiger partial charge >= 0.3 is 0 Å².